The van der Waals surface area contributed by atoms with Crippen molar-refractivity contribution in [3.8, 4) is 11.5 Å². The first-order valence-corrected chi connectivity index (χ1v) is 13.7. The maximum Gasteiger partial charge on any atom is 0.331 e. The number of aromatic nitrogens is 1. The first kappa shape index (κ1) is 32.1. The number of nitrogens with zero attached hydrogens (tertiary/aromatic N) is 1. The Morgan fingerprint density at radius 2 is 1.71 bits per heavy atom. The number of cyclic esters (lactones) is 1. The van der Waals surface area contributed by atoms with Crippen LogP contribution in [0.15, 0.2) is 72.9 Å². The highest BCUT2D eigenvalue weighted by Gasteiger charge is 2.30. The Morgan fingerprint density at radius 3 is 2.33 bits per heavy atom. The van der Waals surface area contributed by atoms with Crippen molar-refractivity contribution in [3.05, 3.63) is 89.7 Å². The lowest BCUT2D eigenvalue weighted by molar-refractivity contribution is -0.151. The summed E-state index contributed by atoms with van der Waals surface area (Å²) in [4.78, 5) is 40.9. The van der Waals surface area contributed by atoms with Gasteiger partial charge in [0.15, 0.2) is 23.2 Å². The number of aryl methyl sites for hydroxylation is 1. The minimum absolute atomic E-state index is 0.0256. The number of hydrogen-bond acceptors (Lipinski definition) is 9. The van der Waals surface area contributed by atoms with Crippen LogP contribution in [0.4, 0.5) is 0 Å². The number of hydrogen-bond donors (Lipinski definition) is 1. The van der Waals surface area contributed by atoms with Gasteiger partial charge in [-0.15, -0.1) is 0 Å². The van der Waals surface area contributed by atoms with Crippen molar-refractivity contribution in [1.82, 2.24) is 10.3 Å². The molecular formula is C32H38N2O8. The van der Waals surface area contributed by atoms with Gasteiger partial charge in [-0.25, -0.2) is 9.78 Å². The molecule has 1 aliphatic rings. The average Bonchev–Trinajstić information content (AvgIpc) is 3.03. The molecule has 0 bridgehead atoms. The minimum atomic E-state index is -1.05. The fraction of sp³-hybridized carbons (Fsp3) is 0.375. The van der Waals surface area contributed by atoms with Crippen molar-refractivity contribution in [2.24, 2.45) is 5.92 Å². The maximum atomic E-state index is 13.0. The summed E-state index contributed by atoms with van der Waals surface area (Å²) in [5.74, 6) is -1.51. The second-order valence-corrected chi connectivity index (χ2v) is 9.85. The fourth-order valence-corrected chi connectivity index (χ4v) is 4.30. The van der Waals surface area contributed by atoms with Crippen LogP contribution in [-0.2, 0) is 30.2 Å². The van der Waals surface area contributed by atoms with Crippen molar-refractivity contribution < 1.29 is 38.1 Å². The topological polar surface area (TPSA) is 122 Å². The average molecular weight is 579 g/mol. The minimum Gasteiger partial charge on any atom is -0.493 e. The van der Waals surface area contributed by atoms with Crippen LogP contribution in [0.3, 0.4) is 0 Å². The zero-order valence-electron chi connectivity index (χ0n) is 24.4. The molecule has 10 nitrogen and oxygen atoms in total. The Hall–Kier alpha value is -4.44. The Balaban J connectivity index is 0.000000603. The van der Waals surface area contributed by atoms with Crippen LogP contribution in [-0.4, -0.2) is 62.1 Å². The molecule has 2 unspecified atom stereocenters. The van der Waals surface area contributed by atoms with Crippen LogP contribution >= 0.6 is 0 Å². The molecule has 2 aromatic carbocycles. The standard InChI is InChI=1S/C25H30N2O8.C7H8/c1-16-11-19(12-18-7-5-4-6-8-18)13-32-14-20(25(30)35-16)27-24(29)22-23(34-15-33-17(2)28)21(31-3)9-10-26-22;1-7-5-3-2-4-6-7/h4-10,16,19-20H,11-15H2,1-3H3,(H,27,29);2-6H,1H3/t16?,19?,20-;/m0./s1. The van der Waals surface area contributed by atoms with Crippen LogP contribution in [0.2, 0.25) is 0 Å². The van der Waals surface area contributed by atoms with Gasteiger partial charge < -0.3 is 29.0 Å². The molecule has 3 aromatic rings. The zero-order valence-corrected chi connectivity index (χ0v) is 24.4. The molecule has 1 N–H and O–H groups in total. The van der Waals surface area contributed by atoms with Gasteiger partial charge in [-0.2, -0.15) is 0 Å². The Labute approximate surface area is 246 Å². The maximum absolute atomic E-state index is 13.0. The lowest BCUT2D eigenvalue weighted by Crippen LogP contribution is -2.45. The number of rotatable bonds is 8. The van der Waals surface area contributed by atoms with Gasteiger partial charge >= 0.3 is 11.9 Å². The second-order valence-electron chi connectivity index (χ2n) is 9.85. The number of benzene rings is 2. The summed E-state index contributed by atoms with van der Waals surface area (Å²) in [6.45, 7) is 5.05. The molecule has 10 heteroatoms. The highest BCUT2D eigenvalue weighted by Crippen LogP contribution is 2.29. The third-order valence-corrected chi connectivity index (χ3v) is 6.29. The van der Waals surface area contributed by atoms with E-state index in [1.165, 1.54) is 37.4 Å². The number of nitrogens with one attached hydrogen (secondary N) is 1. The normalized spacial score (nSPS) is 18.5. The van der Waals surface area contributed by atoms with Crippen LogP contribution in [0.1, 0.15) is 41.9 Å². The lowest BCUT2D eigenvalue weighted by Gasteiger charge is -2.20. The molecule has 2 heterocycles. The smallest absolute Gasteiger partial charge is 0.331 e. The van der Waals surface area contributed by atoms with Gasteiger partial charge in [-0.1, -0.05) is 66.2 Å². The molecule has 1 amide bonds. The van der Waals surface area contributed by atoms with E-state index in [1.54, 1.807) is 0 Å². The molecular weight excluding hydrogens is 540 g/mol. The third kappa shape index (κ3) is 10.5. The van der Waals surface area contributed by atoms with Crippen molar-refractivity contribution in [2.75, 3.05) is 27.1 Å². The summed E-state index contributed by atoms with van der Waals surface area (Å²) in [5, 5.41) is 2.61. The van der Waals surface area contributed by atoms with Crippen molar-refractivity contribution in [1.29, 1.82) is 0 Å². The highest BCUT2D eigenvalue weighted by atomic mass is 16.7. The van der Waals surface area contributed by atoms with E-state index in [-0.39, 0.29) is 35.8 Å². The Morgan fingerprint density at radius 1 is 1.02 bits per heavy atom. The summed E-state index contributed by atoms with van der Waals surface area (Å²) >= 11 is 0. The summed E-state index contributed by atoms with van der Waals surface area (Å²) in [7, 11) is 1.40. The van der Waals surface area contributed by atoms with E-state index in [0.717, 1.165) is 6.42 Å². The lowest BCUT2D eigenvalue weighted by atomic mass is 9.95. The fourth-order valence-electron chi connectivity index (χ4n) is 4.30. The first-order valence-electron chi connectivity index (χ1n) is 13.7. The van der Waals surface area contributed by atoms with Gasteiger partial charge in [-0.3, -0.25) is 9.59 Å². The van der Waals surface area contributed by atoms with Crippen LogP contribution in [0, 0.1) is 12.8 Å². The molecule has 4 rings (SSSR count). The summed E-state index contributed by atoms with van der Waals surface area (Å²) in [5.41, 5.74) is 2.36. The molecule has 224 valence electrons. The van der Waals surface area contributed by atoms with Crippen LogP contribution < -0.4 is 14.8 Å². The first-order chi connectivity index (χ1) is 20.3. The van der Waals surface area contributed by atoms with Gasteiger partial charge in [0.05, 0.1) is 19.8 Å². The number of methoxy groups -OCH3 is 1. The SMILES string of the molecule is COc1ccnc(C(=O)N[C@H]2COCC(Cc3ccccc3)CC(C)OC2=O)c1OCOC(C)=O.Cc1ccccc1. The molecule has 42 heavy (non-hydrogen) atoms. The number of ether oxygens (including phenoxy) is 5. The summed E-state index contributed by atoms with van der Waals surface area (Å²) in [6.07, 6.45) is 2.43. The predicted molar refractivity (Wildman–Crippen MR) is 155 cm³/mol. The quantitative estimate of drug-likeness (QED) is 0.308. The van der Waals surface area contributed by atoms with E-state index in [4.69, 9.17) is 23.7 Å². The second kappa shape index (κ2) is 16.7. The largest absolute Gasteiger partial charge is 0.493 e. The third-order valence-electron chi connectivity index (χ3n) is 6.29. The molecule has 1 aromatic heterocycles. The number of carbonyl (C=O) groups is 3. The summed E-state index contributed by atoms with van der Waals surface area (Å²) in [6, 6.07) is 20.7. The molecule has 1 saturated heterocycles. The van der Waals surface area contributed by atoms with Gasteiger partial charge in [-0.05, 0) is 38.2 Å². The highest BCUT2D eigenvalue weighted by molar-refractivity contribution is 5.98. The van der Waals surface area contributed by atoms with E-state index >= 15 is 0 Å². The Bertz CT molecular complexity index is 1290. The van der Waals surface area contributed by atoms with Crippen molar-refractivity contribution >= 4 is 17.8 Å². The van der Waals surface area contributed by atoms with Crippen LogP contribution in [0.5, 0.6) is 11.5 Å². The van der Waals surface area contributed by atoms with E-state index in [9.17, 15) is 14.4 Å². The summed E-state index contributed by atoms with van der Waals surface area (Å²) < 4.78 is 26.8. The molecule has 0 aliphatic carbocycles. The Kier molecular flexibility index (Phi) is 12.8. The number of carbonyl (C=O) groups excluding carboxylic acids is 3. The zero-order chi connectivity index (χ0) is 30.3. The number of amides is 1. The van der Waals surface area contributed by atoms with Gasteiger partial charge in [0.25, 0.3) is 5.91 Å². The van der Waals surface area contributed by atoms with E-state index in [2.05, 4.69) is 41.5 Å². The molecule has 0 saturated carbocycles. The van der Waals surface area contributed by atoms with E-state index in [0.29, 0.717) is 13.0 Å². The monoisotopic (exact) mass is 578 g/mol. The van der Waals surface area contributed by atoms with Gasteiger partial charge in [0, 0.05) is 25.8 Å². The molecule has 3 atom stereocenters. The van der Waals surface area contributed by atoms with Crippen LogP contribution in [0.25, 0.3) is 0 Å². The number of esters is 2. The predicted octanol–water partition coefficient (Wildman–Crippen LogP) is 4.29. The van der Waals surface area contributed by atoms with E-state index < -0.39 is 30.7 Å². The van der Waals surface area contributed by atoms with Crippen molar-refractivity contribution in [3.63, 3.8) is 0 Å². The molecule has 0 spiro atoms. The van der Waals surface area contributed by atoms with E-state index in [1.807, 2.05) is 43.3 Å². The number of pyridine rings is 1. The van der Waals surface area contributed by atoms with Gasteiger partial charge in [0.1, 0.15) is 0 Å². The molecule has 0 radical (unpaired) electrons. The molecule has 1 fully saturated rings. The molecule has 1 aliphatic heterocycles. The van der Waals surface area contributed by atoms with Gasteiger partial charge in [0.2, 0.25) is 6.79 Å². The van der Waals surface area contributed by atoms with Crippen molar-refractivity contribution in [2.45, 2.75) is 45.8 Å².